The minimum absolute atomic E-state index is 0.229. The van der Waals surface area contributed by atoms with Gasteiger partial charge in [0, 0.05) is 6.54 Å². The lowest BCUT2D eigenvalue weighted by Gasteiger charge is -2.03. The molecule has 5 nitrogen and oxygen atoms in total. The van der Waals surface area contributed by atoms with Crippen molar-refractivity contribution < 1.29 is 9.32 Å². The molecule has 2 amide bonds. The van der Waals surface area contributed by atoms with Gasteiger partial charge in [0.05, 0.1) is 6.20 Å². The lowest BCUT2D eigenvalue weighted by molar-refractivity contribution is 0.252. The molecular weight excluding hydrogens is 170 g/mol. The van der Waals surface area contributed by atoms with E-state index in [-0.39, 0.29) is 6.03 Å². The molecule has 2 N–H and O–H groups in total. The van der Waals surface area contributed by atoms with Crippen LogP contribution in [-0.2, 0) is 0 Å². The fourth-order valence-electron chi connectivity index (χ4n) is 0.824. The van der Waals surface area contributed by atoms with Crippen LogP contribution in [-0.4, -0.2) is 17.7 Å². The molecule has 0 fully saturated rings. The van der Waals surface area contributed by atoms with E-state index in [1.165, 1.54) is 6.20 Å². The van der Waals surface area contributed by atoms with Crippen LogP contribution in [0.5, 0.6) is 0 Å². The standard InChI is InChI=1S/C8H13N3O2/c1-3-4-9-8(12)11-7-5-10-13-6(7)2/h5H,3-4H2,1-2H3,(H2,9,11,12). The highest BCUT2D eigenvalue weighted by Crippen LogP contribution is 2.11. The highest BCUT2D eigenvalue weighted by atomic mass is 16.5. The maximum Gasteiger partial charge on any atom is 0.319 e. The first-order valence-corrected chi connectivity index (χ1v) is 4.20. The molecule has 0 saturated heterocycles. The van der Waals surface area contributed by atoms with Crippen LogP contribution in [0.25, 0.3) is 0 Å². The molecule has 0 saturated carbocycles. The number of carbonyl (C=O) groups excluding carboxylic acids is 1. The number of aromatic nitrogens is 1. The number of carbonyl (C=O) groups is 1. The Morgan fingerprint density at radius 3 is 3.00 bits per heavy atom. The summed E-state index contributed by atoms with van der Waals surface area (Å²) in [4.78, 5) is 11.1. The number of anilines is 1. The first-order chi connectivity index (χ1) is 6.24. The van der Waals surface area contributed by atoms with Crippen molar-refractivity contribution in [1.82, 2.24) is 10.5 Å². The zero-order valence-corrected chi connectivity index (χ0v) is 7.76. The molecule has 0 spiro atoms. The highest BCUT2D eigenvalue weighted by Gasteiger charge is 2.05. The van der Waals surface area contributed by atoms with Crippen molar-refractivity contribution in [3.8, 4) is 0 Å². The van der Waals surface area contributed by atoms with Gasteiger partial charge in [-0.3, -0.25) is 0 Å². The Hall–Kier alpha value is -1.52. The Labute approximate surface area is 76.5 Å². The average Bonchev–Trinajstić information content (AvgIpc) is 2.48. The number of nitrogens with one attached hydrogen (secondary N) is 2. The molecule has 1 aromatic rings. The van der Waals surface area contributed by atoms with Crippen LogP contribution in [0, 0.1) is 6.92 Å². The molecule has 0 aliphatic rings. The summed E-state index contributed by atoms with van der Waals surface area (Å²) in [6.07, 6.45) is 2.39. The second-order valence-electron chi connectivity index (χ2n) is 2.68. The number of hydrogen-bond donors (Lipinski definition) is 2. The summed E-state index contributed by atoms with van der Waals surface area (Å²) in [6, 6.07) is -0.229. The van der Waals surface area contributed by atoms with Gasteiger partial charge in [-0.15, -0.1) is 0 Å². The van der Waals surface area contributed by atoms with Gasteiger partial charge in [-0.1, -0.05) is 12.1 Å². The molecule has 0 aliphatic carbocycles. The Bertz CT molecular complexity index is 283. The minimum atomic E-state index is -0.229. The predicted octanol–water partition coefficient (Wildman–Crippen LogP) is 1.51. The summed E-state index contributed by atoms with van der Waals surface area (Å²) in [5.41, 5.74) is 0.605. The molecule has 1 heterocycles. The van der Waals surface area contributed by atoms with E-state index in [1.54, 1.807) is 6.92 Å². The quantitative estimate of drug-likeness (QED) is 0.746. The summed E-state index contributed by atoms with van der Waals surface area (Å²) in [5, 5.41) is 8.83. The monoisotopic (exact) mass is 183 g/mol. The van der Waals surface area contributed by atoms with E-state index in [4.69, 9.17) is 4.52 Å². The third-order valence-corrected chi connectivity index (χ3v) is 1.53. The normalized spacial score (nSPS) is 9.69. The van der Waals surface area contributed by atoms with Crippen molar-refractivity contribution in [2.45, 2.75) is 20.3 Å². The van der Waals surface area contributed by atoms with Crippen LogP contribution in [0.2, 0.25) is 0 Å². The minimum Gasteiger partial charge on any atom is -0.359 e. The van der Waals surface area contributed by atoms with E-state index in [1.807, 2.05) is 6.92 Å². The largest absolute Gasteiger partial charge is 0.359 e. The number of hydrogen-bond acceptors (Lipinski definition) is 3. The van der Waals surface area contributed by atoms with E-state index in [0.717, 1.165) is 6.42 Å². The first-order valence-electron chi connectivity index (χ1n) is 4.20. The van der Waals surface area contributed by atoms with Gasteiger partial charge >= 0.3 is 6.03 Å². The lowest BCUT2D eigenvalue weighted by atomic mass is 10.4. The van der Waals surface area contributed by atoms with E-state index in [9.17, 15) is 4.79 Å². The van der Waals surface area contributed by atoms with Crippen LogP contribution < -0.4 is 10.6 Å². The fourth-order valence-corrected chi connectivity index (χ4v) is 0.824. The summed E-state index contributed by atoms with van der Waals surface area (Å²) in [7, 11) is 0. The Morgan fingerprint density at radius 1 is 1.69 bits per heavy atom. The number of urea groups is 1. The molecule has 1 aromatic heterocycles. The van der Waals surface area contributed by atoms with Crippen molar-refractivity contribution in [3.05, 3.63) is 12.0 Å². The van der Waals surface area contributed by atoms with Gasteiger partial charge < -0.3 is 15.2 Å². The third-order valence-electron chi connectivity index (χ3n) is 1.53. The van der Waals surface area contributed by atoms with Gasteiger partial charge in [-0.2, -0.15) is 0 Å². The van der Waals surface area contributed by atoms with Gasteiger partial charge in [-0.05, 0) is 13.3 Å². The summed E-state index contributed by atoms with van der Waals surface area (Å²) in [6.45, 7) is 4.39. The highest BCUT2D eigenvalue weighted by molar-refractivity contribution is 5.89. The Morgan fingerprint density at radius 2 is 2.46 bits per heavy atom. The Kier molecular flexibility index (Phi) is 3.31. The SMILES string of the molecule is CCCNC(=O)Nc1cnoc1C. The van der Waals surface area contributed by atoms with E-state index in [2.05, 4.69) is 15.8 Å². The number of aryl methyl sites for hydroxylation is 1. The van der Waals surface area contributed by atoms with Crippen LogP contribution in [0.15, 0.2) is 10.7 Å². The van der Waals surface area contributed by atoms with Crippen molar-refractivity contribution >= 4 is 11.7 Å². The Balaban J connectivity index is 2.41. The number of amides is 2. The summed E-state index contributed by atoms with van der Waals surface area (Å²) >= 11 is 0. The van der Waals surface area contributed by atoms with Crippen LogP contribution in [0.3, 0.4) is 0 Å². The number of rotatable bonds is 3. The topological polar surface area (TPSA) is 67.2 Å². The molecule has 0 atom stereocenters. The molecular formula is C8H13N3O2. The van der Waals surface area contributed by atoms with Gasteiger partial charge in [0.2, 0.25) is 0 Å². The van der Waals surface area contributed by atoms with Crippen molar-refractivity contribution in [2.24, 2.45) is 0 Å². The van der Waals surface area contributed by atoms with Crippen LogP contribution in [0.4, 0.5) is 10.5 Å². The molecule has 0 aromatic carbocycles. The molecule has 1 rings (SSSR count). The molecule has 0 aliphatic heterocycles. The van der Waals surface area contributed by atoms with Crippen LogP contribution in [0.1, 0.15) is 19.1 Å². The maximum absolute atomic E-state index is 11.1. The van der Waals surface area contributed by atoms with Gasteiger partial charge in [0.15, 0.2) is 5.76 Å². The second kappa shape index (κ2) is 4.49. The fraction of sp³-hybridized carbons (Fsp3) is 0.500. The van der Waals surface area contributed by atoms with Gasteiger partial charge in [0.25, 0.3) is 0 Å². The van der Waals surface area contributed by atoms with Gasteiger partial charge in [-0.25, -0.2) is 4.79 Å². The second-order valence-corrected chi connectivity index (χ2v) is 2.68. The lowest BCUT2D eigenvalue weighted by Crippen LogP contribution is -2.29. The molecule has 0 radical (unpaired) electrons. The predicted molar refractivity (Wildman–Crippen MR) is 48.6 cm³/mol. The summed E-state index contributed by atoms with van der Waals surface area (Å²) in [5.74, 6) is 0.603. The smallest absolute Gasteiger partial charge is 0.319 e. The van der Waals surface area contributed by atoms with Crippen molar-refractivity contribution in [3.63, 3.8) is 0 Å². The molecule has 0 unspecified atom stereocenters. The summed E-state index contributed by atoms with van der Waals surface area (Å²) < 4.78 is 4.78. The molecule has 5 heteroatoms. The zero-order valence-electron chi connectivity index (χ0n) is 7.76. The van der Waals surface area contributed by atoms with E-state index < -0.39 is 0 Å². The first kappa shape index (κ1) is 9.57. The number of nitrogens with zero attached hydrogens (tertiary/aromatic N) is 1. The van der Waals surface area contributed by atoms with E-state index >= 15 is 0 Å². The van der Waals surface area contributed by atoms with Gasteiger partial charge in [0.1, 0.15) is 5.69 Å². The zero-order chi connectivity index (χ0) is 9.68. The molecule has 72 valence electrons. The van der Waals surface area contributed by atoms with Crippen LogP contribution >= 0.6 is 0 Å². The molecule has 13 heavy (non-hydrogen) atoms. The third kappa shape index (κ3) is 2.77. The maximum atomic E-state index is 11.1. The van der Waals surface area contributed by atoms with Crippen molar-refractivity contribution in [1.29, 1.82) is 0 Å². The van der Waals surface area contributed by atoms with Crippen molar-refractivity contribution in [2.75, 3.05) is 11.9 Å². The average molecular weight is 183 g/mol. The van der Waals surface area contributed by atoms with E-state index in [0.29, 0.717) is 18.0 Å². The molecule has 0 bridgehead atoms.